The van der Waals surface area contributed by atoms with Crippen LogP contribution in [0, 0.1) is 0 Å². The molecule has 1 rings (SSSR count). The molecule has 1 aliphatic rings. The number of rotatable bonds is 0. The molecule has 1 heteroatoms. The Morgan fingerprint density at radius 3 is 0.846 bits per heavy atom. The Kier molecular flexibility index (Phi) is 114. The molecule has 0 aromatic heterocycles. The zero-order valence-corrected chi connectivity index (χ0v) is 9.71. The van der Waals surface area contributed by atoms with Crippen molar-refractivity contribution in [2.45, 2.75) is 12.8 Å². The second kappa shape index (κ2) is 64.7. The summed E-state index contributed by atoms with van der Waals surface area (Å²) in [5.74, 6) is 2.83. The van der Waals surface area contributed by atoms with E-state index in [1.54, 1.807) is 0 Å². The van der Waals surface area contributed by atoms with E-state index in [1.165, 1.54) is 24.3 Å². The minimum atomic E-state index is 1.42. The molecule has 0 amide bonds. The predicted octanol–water partition coefficient (Wildman–Crippen LogP) is 4.72. The molecule has 0 unspecified atom stereocenters. The predicted molar refractivity (Wildman–Crippen MR) is 71.6 cm³/mol. The van der Waals surface area contributed by atoms with E-state index >= 15 is 0 Å². The minimum Gasteiger partial charge on any atom is -0.162 e. The first kappa shape index (κ1) is 22.8. The lowest BCUT2D eigenvalue weighted by atomic mass is 10.4. The summed E-state index contributed by atoms with van der Waals surface area (Å²) in [6, 6.07) is 0. The summed E-state index contributed by atoms with van der Waals surface area (Å²) in [4.78, 5) is 0. The highest BCUT2D eigenvalue weighted by atomic mass is 32.2. The van der Waals surface area contributed by atoms with Gasteiger partial charge in [0.1, 0.15) is 0 Å². The van der Waals surface area contributed by atoms with Gasteiger partial charge in [-0.25, -0.2) is 0 Å². The maximum absolute atomic E-state index is 3.00. The third-order valence-electron chi connectivity index (χ3n) is 0.827. The maximum Gasteiger partial charge on any atom is -0.00672 e. The van der Waals surface area contributed by atoms with Gasteiger partial charge >= 0.3 is 0 Å². The van der Waals surface area contributed by atoms with E-state index in [0.29, 0.717) is 0 Å². The molecule has 0 aromatic carbocycles. The van der Waals surface area contributed by atoms with Crippen molar-refractivity contribution in [2.75, 3.05) is 11.5 Å². The molecule has 0 spiro atoms. The van der Waals surface area contributed by atoms with Crippen molar-refractivity contribution in [1.82, 2.24) is 0 Å². The van der Waals surface area contributed by atoms with E-state index in [0.717, 1.165) is 0 Å². The molecule has 0 N–H and O–H groups in total. The zero-order chi connectivity index (χ0) is 11.5. The van der Waals surface area contributed by atoms with Gasteiger partial charge in [-0.1, -0.05) is 0 Å². The Labute approximate surface area is 89.1 Å². The molecule has 0 nitrogen and oxygen atoms in total. The summed E-state index contributed by atoms with van der Waals surface area (Å²) >= 11 is 2.07. The molecule has 0 aromatic rings. The highest BCUT2D eigenvalue weighted by Gasteiger charge is 1.95. The SMILES string of the molecule is C1CCSC1.C=C.C=C.C=C.C=C. The van der Waals surface area contributed by atoms with Gasteiger partial charge in [0.15, 0.2) is 0 Å². The summed E-state index contributed by atoms with van der Waals surface area (Å²) < 4.78 is 0. The monoisotopic (exact) mass is 200 g/mol. The summed E-state index contributed by atoms with van der Waals surface area (Å²) in [5.41, 5.74) is 0. The molecule has 1 fully saturated rings. The fourth-order valence-electron chi connectivity index (χ4n) is 0.510. The van der Waals surface area contributed by atoms with Crippen LogP contribution in [0.15, 0.2) is 52.6 Å². The Balaban J connectivity index is -0.0000000445. The van der Waals surface area contributed by atoms with Gasteiger partial charge in [-0.05, 0) is 24.3 Å². The van der Waals surface area contributed by atoms with Crippen LogP contribution >= 0.6 is 11.8 Å². The van der Waals surface area contributed by atoms with E-state index in [4.69, 9.17) is 0 Å². The van der Waals surface area contributed by atoms with Crippen molar-refractivity contribution in [1.29, 1.82) is 0 Å². The largest absolute Gasteiger partial charge is 0.162 e. The molecule has 78 valence electrons. The molecule has 0 atom stereocenters. The molecule has 0 radical (unpaired) electrons. The standard InChI is InChI=1S/C4H8S.4C2H4/c1-2-4-5-3-1;4*1-2/h1-4H2;4*1-2H2. The van der Waals surface area contributed by atoms with Crippen molar-refractivity contribution in [3.63, 3.8) is 0 Å². The summed E-state index contributed by atoms with van der Waals surface area (Å²) in [6.07, 6.45) is 2.93. The third-order valence-corrected chi connectivity index (χ3v) is 1.98. The van der Waals surface area contributed by atoms with Gasteiger partial charge in [0.05, 0.1) is 0 Å². The van der Waals surface area contributed by atoms with Crippen molar-refractivity contribution in [3.8, 4) is 0 Å². The van der Waals surface area contributed by atoms with Crippen LogP contribution in [0.3, 0.4) is 0 Å². The number of hydrogen-bond donors (Lipinski definition) is 0. The van der Waals surface area contributed by atoms with Gasteiger partial charge < -0.3 is 0 Å². The van der Waals surface area contributed by atoms with Gasteiger partial charge in [0, 0.05) is 0 Å². The molecule has 0 saturated carbocycles. The van der Waals surface area contributed by atoms with Gasteiger partial charge in [-0.2, -0.15) is 11.8 Å². The lowest BCUT2D eigenvalue weighted by Crippen LogP contribution is -1.58. The second-order valence-corrected chi connectivity index (χ2v) is 2.54. The van der Waals surface area contributed by atoms with E-state index in [9.17, 15) is 0 Å². The van der Waals surface area contributed by atoms with Crippen LogP contribution < -0.4 is 0 Å². The first-order valence-electron chi connectivity index (χ1n) is 4.08. The number of thioether (sulfide) groups is 1. The average molecular weight is 200 g/mol. The lowest BCUT2D eigenvalue weighted by molar-refractivity contribution is 0.949. The molecular formula is C12H24S. The van der Waals surface area contributed by atoms with E-state index < -0.39 is 0 Å². The van der Waals surface area contributed by atoms with Crippen molar-refractivity contribution >= 4 is 11.8 Å². The van der Waals surface area contributed by atoms with E-state index in [1.807, 2.05) is 0 Å². The third kappa shape index (κ3) is 52.8. The highest BCUT2D eigenvalue weighted by Crippen LogP contribution is 2.14. The van der Waals surface area contributed by atoms with E-state index in [2.05, 4.69) is 64.4 Å². The van der Waals surface area contributed by atoms with Crippen molar-refractivity contribution < 1.29 is 0 Å². The Bertz CT molecular complexity index is 42.5. The quantitative estimate of drug-likeness (QED) is 0.510. The van der Waals surface area contributed by atoms with Crippen LogP contribution in [0.2, 0.25) is 0 Å². The second-order valence-electron chi connectivity index (χ2n) is 1.32. The molecule has 1 saturated heterocycles. The molecular weight excluding hydrogens is 176 g/mol. The van der Waals surface area contributed by atoms with Crippen LogP contribution in [0.1, 0.15) is 12.8 Å². The topological polar surface area (TPSA) is 0 Å². The van der Waals surface area contributed by atoms with Crippen LogP contribution in [0.5, 0.6) is 0 Å². The molecule has 13 heavy (non-hydrogen) atoms. The van der Waals surface area contributed by atoms with Crippen LogP contribution in [0.4, 0.5) is 0 Å². The normalized spacial score (nSPS) is 10.5. The lowest BCUT2D eigenvalue weighted by Gasteiger charge is -1.69. The fourth-order valence-corrected chi connectivity index (χ4v) is 1.53. The molecule has 0 bridgehead atoms. The fraction of sp³-hybridized carbons (Fsp3) is 0.333. The van der Waals surface area contributed by atoms with Gasteiger partial charge in [-0.15, -0.1) is 52.6 Å². The van der Waals surface area contributed by atoms with Gasteiger partial charge in [0.2, 0.25) is 0 Å². The first-order valence-corrected chi connectivity index (χ1v) is 5.23. The first-order chi connectivity index (χ1) is 6.50. The Morgan fingerprint density at radius 1 is 0.538 bits per heavy atom. The van der Waals surface area contributed by atoms with E-state index in [-0.39, 0.29) is 0 Å². The number of hydrogen-bond acceptors (Lipinski definition) is 1. The molecule has 1 aliphatic heterocycles. The zero-order valence-electron chi connectivity index (χ0n) is 8.89. The van der Waals surface area contributed by atoms with Crippen LogP contribution in [0.25, 0.3) is 0 Å². The summed E-state index contributed by atoms with van der Waals surface area (Å²) in [5, 5.41) is 0. The molecule has 0 aliphatic carbocycles. The van der Waals surface area contributed by atoms with Crippen LogP contribution in [-0.2, 0) is 0 Å². The smallest absolute Gasteiger partial charge is 0.00672 e. The van der Waals surface area contributed by atoms with Crippen molar-refractivity contribution in [2.24, 2.45) is 0 Å². The van der Waals surface area contributed by atoms with Crippen molar-refractivity contribution in [3.05, 3.63) is 52.6 Å². The summed E-state index contributed by atoms with van der Waals surface area (Å²) in [7, 11) is 0. The minimum absolute atomic E-state index is 1.42. The molecule has 1 heterocycles. The van der Waals surface area contributed by atoms with Crippen LogP contribution in [-0.4, -0.2) is 11.5 Å². The van der Waals surface area contributed by atoms with Gasteiger partial charge in [-0.3, -0.25) is 0 Å². The maximum atomic E-state index is 3.00. The highest BCUT2D eigenvalue weighted by molar-refractivity contribution is 7.99. The Morgan fingerprint density at radius 2 is 0.769 bits per heavy atom. The average Bonchev–Trinajstić information content (AvgIpc) is 2.87. The Hall–Kier alpha value is -0.690. The van der Waals surface area contributed by atoms with Gasteiger partial charge in [0.25, 0.3) is 0 Å². The summed E-state index contributed by atoms with van der Waals surface area (Å²) in [6.45, 7) is 24.0.